The highest BCUT2D eigenvalue weighted by atomic mass is 16.1. The van der Waals surface area contributed by atoms with E-state index in [4.69, 9.17) is 0 Å². The molecule has 1 aliphatic rings. The maximum Gasteiger partial charge on any atom is 0.168 e. The largest absolute Gasteiger partial charge is 0.328 e. The van der Waals surface area contributed by atoms with Gasteiger partial charge in [0.05, 0.1) is 12.5 Å². The molecule has 4 heteroatoms. The zero-order valence-corrected chi connectivity index (χ0v) is 8.39. The molecule has 14 heavy (non-hydrogen) atoms. The first kappa shape index (κ1) is 9.40. The molecule has 1 fully saturated rings. The van der Waals surface area contributed by atoms with Crippen molar-refractivity contribution in [3.63, 3.8) is 0 Å². The lowest BCUT2D eigenvalue weighted by atomic mass is 10.1. The quantitative estimate of drug-likeness (QED) is 0.661. The van der Waals surface area contributed by atoms with Crippen molar-refractivity contribution in [3.05, 3.63) is 18.2 Å². The van der Waals surface area contributed by atoms with Crippen LogP contribution >= 0.6 is 0 Å². The number of carbonyl (C=O) groups is 1. The lowest BCUT2D eigenvalue weighted by Gasteiger charge is -2.11. The van der Waals surface area contributed by atoms with E-state index in [2.05, 4.69) is 16.9 Å². The SMILES string of the molecule is CN1CCC(Cn2cncc2C=O)C1. The average molecular weight is 193 g/mol. The number of nitrogens with zero attached hydrogens (tertiary/aromatic N) is 3. The number of aldehydes is 1. The molecule has 1 aromatic rings. The predicted octanol–water partition coefficient (Wildman–Crippen LogP) is 0.647. The van der Waals surface area contributed by atoms with Gasteiger partial charge in [-0.25, -0.2) is 4.98 Å². The van der Waals surface area contributed by atoms with Crippen molar-refractivity contribution >= 4 is 6.29 Å². The molecule has 1 aliphatic heterocycles. The lowest BCUT2D eigenvalue weighted by molar-refractivity contribution is 0.111. The van der Waals surface area contributed by atoms with E-state index in [9.17, 15) is 4.79 Å². The van der Waals surface area contributed by atoms with Crippen LogP contribution in [-0.4, -0.2) is 40.9 Å². The van der Waals surface area contributed by atoms with Crippen molar-refractivity contribution < 1.29 is 4.79 Å². The molecule has 1 unspecified atom stereocenters. The molecule has 1 atom stereocenters. The Hall–Kier alpha value is -1.16. The molecule has 0 bridgehead atoms. The number of likely N-dealkylation sites (tertiary alicyclic amines) is 1. The van der Waals surface area contributed by atoms with E-state index in [1.807, 2.05) is 4.57 Å². The summed E-state index contributed by atoms with van der Waals surface area (Å²) >= 11 is 0. The second-order valence-corrected chi connectivity index (χ2v) is 4.01. The Balaban J connectivity index is 2.00. The third kappa shape index (κ3) is 1.85. The lowest BCUT2D eigenvalue weighted by Crippen LogP contribution is -2.17. The Bertz CT molecular complexity index is 321. The Morgan fingerprint density at radius 1 is 1.71 bits per heavy atom. The predicted molar refractivity (Wildman–Crippen MR) is 53.2 cm³/mol. The Kier molecular flexibility index (Phi) is 2.63. The van der Waals surface area contributed by atoms with Crippen LogP contribution in [0.1, 0.15) is 16.9 Å². The van der Waals surface area contributed by atoms with E-state index in [1.54, 1.807) is 12.5 Å². The van der Waals surface area contributed by atoms with E-state index >= 15 is 0 Å². The summed E-state index contributed by atoms with van der Waals surface area (Å²) in [4.78, 5) is 16.9. The molecule has 1 aromatic heterocycles. The molecule has 0 spiro atoms. The molecular formula is C10H15N3O. The zero-order valence-electron chi connectivity index (χ0n) is 8.39. The number of rotatable bonds is 3. The monoisotopic (exact) mass is 193 g/mol. The van der Waals surface area contributed by atoms with Crippen molar-refractivity contribution in [2.75, 3.05) is 20.1 Å². The third-order valence-electron chi connectivity index (χ3n) is 2.81. The molecule has 2 rings (SSSR count). The summed E-state index contributed by atoms with van der Waals surface area (Å²) in [5, 5.41) is 0. The van der Waals surface area contributed by atoms with Crippen molar-refractivity contribution in [2.45, 2.75) is 13.0 Å². The van der Waals surface area contributed by atoms with Crippen LogP contribution in [0.15, 0.2) is 12.5 Å². The standard InChI is InChI=1S/C10H15N3O/c1-12-3-2-9(5-12)6-13-8-11-4-10(13)7-14/h4,7-9H,2-3,5-6H2,1H3. The summed E-state index contributed by atoms with van der Waals surface area (Å²) in [6.45, 7) is 3.20. The molecule has 0 N–H and O–H groups in total. The van der Waals surface area contributed by atoms with Gasteiger partial charge in [0, 0.05) is 13.1 Å². The fraction of sp³-hybridized carbons (Fsp3) is 0.600. The number of aromatic nitrogens is 2. The van der Waals surface area contributed by atoms with Crippen LogP contribution in [0.4, 0.5) is 0 Å². The molecular weight excluding hydrogens is 178 g/mol. The molecule has 0 aromatic carbocycles. The van der Waals surface area contributed by atoms with Crippen LogP contribution in [0.5, 0.6) is 0 Å². The highest BCUT2D eigenvalue weighted by molar-refractivity contribution is 5.71. The Morgan fingerprint density at radius 2 is 2.57 bits per heavy atom. The number of carbonyl (C=O) groups excluding carboxylic acids is 1. The molecule has 0 aliphatic carbocycles. The number of hydrogen-bond acceptors (Lipinski definition) is 3. The van der Waals surface area contributed by atoms with Gasteiger partial charge in [-0.2, -0.15) is 0 Å². The van der Waals surface area contributed by atoms with E-state index in [0.29, 0.717) is 11.6 Å². The van der Waals surface area contributed by atoms with Gasteiger partial charge in [-0.3, -0.25) is 4.79 Å². The van der Waals surface area contributed by atoms with Crippen LogP contribution in [0.3, 0.4) is 0 Å². The van der Waals surface area contributed by atoms with Gasteiger partial charge in [0.2, 0.25) is 0 Å². The smallest absolute Gasteiger partial charge is 0.168 e. The topological polar surface area (TPSA) is 38.1 Å². The van der Waals surface area contributed by atoms with Crippen molar-refractivity contribution in [1.82, 2.24) is 14.5 Å². The summed E-state index contributed by atoms with van der Waals surface area (Å²) < 4.78 is 1.94. The first-order valence-electron chi connectivity index (χ1n) is 4.93. The van der Waals surface area contributed by atoms with Crippen molar-refractivity contribution in [1.29, 1.82) is 0 Å². The Labute approximate surface area is 83.5 Å². The summed E-state index contributed by atoms with van der Waals surface area (Å²) in [6.07, 6.45) is 5.44. The summed E-state index contributed by atoms with van der Waals surface area (Å²) in [7, 11) is 2.13. The second kappa shape index (κ2) is 3.92. The summed E-state index contributed by atoms with van der Waals surface area (Å²) in [5.74, 6) is 0.660. The number of imidazole rings is 1. The minimum atomic E-state index is 0.660. The van der Waals surface area contributed by atoms with Crippen LogP contribution in [-0.2, 0) is 6.54 Å². The molecule has 0 amide bonds. The first-order chi connectivity index (χ1) is 6.79. The van der Waals surface area contributed by atoms with Crippen LogP contribution < -0.4 is 0 Å². The molecule has 0 radical (unpaired) electrons. The van der Waals surface area contributed by atoms with E-state index in [-0.39, 0.29) is 0 Å². The molecule has 1 saturated heterocycles. The van der Waals surface area contributed by atoms with Gasteiger partial charge in [0.15, 0.2) is 6.29 Å². The highest BCUT2D eigenvalue weighted by Gasteiger charge is 2.20. The van der Waals surface area contributed by atoms with Gasteiger partial charge in [0.25, 0.3) is 0 Å². The highest BCUT2D eigenvalue weighted by Crippen LogP contribution is 2.16. The van der Waals surface area contributed by atoms with Crippen LogP contribution in [0, 0.1) is 5.92 Å². The second-order valence-electron chi connectivity index (χ2n) is 4.01. The van der Waals surface area contributed by atoms with Gasteiger partial charge >= 0.3 is 0 Å². The average Bonchev–Trinajstić information content (AvgIpc) is 2.76. The maximum atomic E-state index is 10.7. The molecule has 2 heterocycles. The molecule has 76 valence electrons. The minimum Gasteiger partial charge on any atom is -0.328 e. The first-order valence-corrected chi connectivity index (χ1v) is 4.93. The van der Waals surface area contributed by atoms with Gasteiger partial charge < -0.3 is 9.47 Å². The van der Waals surface area contributed by atoms with Crippen molar-refractivity contribution in [3.8, 4) is 0 Å². The van der Waals surface area contributed by atoms with Crippen LogP contribution in [0.25, 0.3) is 0 Å². The fourth-order valence-electron chi connectivity index (χ4n) is 2.04. The normalized spacial score (nSPS) is 22.8. The van der Waals surface area contributed by atoms with Gasteiger partial charge in [-0.1, -0.05) is 0 Å². The third-order valence-corrected chi connectivity index (χ3v) is 2.81. The summed E-state index contributed by atoms with van der Waals surface area (Å²) in [6, 6.07) is 0. The number of hydrogen-bond donors (Lipinski definition) is 0. The van der Waals surface area contributed by atoms with Crippen LogP contribution in [0.2, 0.25) is 0 Å². The zero-order chi connectivity index (χ0) is 9.97. The molecule has 4 nitrogen and oxygen atoms in total. The van der Waals surface area contributed by atoms with E-state index < -0.39 is 0 Å². The van der Waals surface area contributed by atoms with Gasteiger partial charge in [-0.15, -0.1) is 0 Å². The van der Waals surface area contributed by atoms with Crippen molar-refractivity contribution in [2.24, 2.45) is 5.92 Å². The molecule has 0 saturated carbocycles. The van der Waals surface area contributed by atoms with Gasteiger partial charge in [-0.05, 0) is 25.9 Å². The fourth-order valence-corrected chi connectivity index (χ4v) is 2.04. The maximum absolute atomic E-state index is 10.7. The van der Waals surface area contributed by atoms with E-state index in [1.165, 1.54) is 6.42 Å². The minimum absolute atomic E-state index is 0.660. The summed E-state index contributed by atoms with van der Waals surface area (Å²) in [5.41, 5.74) is 0.680. The van der Waals surface area contributed by atoms with Gasteiger partial charge in [0.1, 0.15) is 5.69 Å². The Morgan fingerprint density at radius 3 is 3.21 bits per heavy atom. The van der Waals surface area contributed by atoms with E-state index in [0.717, 1.165) is 25.9 Å².